The highest BCUT2D eigenvalue weighted by molar-refractivity contribution is 9.10. The van der Waals surface area contributed by atoms with E-state index in [0.29, 0.717) is 11.8 Å². The maximum absolute atomic E-state index is 5.68. The largest absolute Gasteiger partial charge is 0.497 e. The van der Waals surface area contributed by atoms with Crippen LogP contribution >= 0.6 is 28.1 Å². The molecule has 0 unspecified atom stereocenters. The van der Waals surface area contributed by atoms with Crippen LogP contribution in [0.15, 0.2) is 65.4 Å². The van der Waals surface area contributed by atoms with Crippen molar-refractivity contribution in [3.05, 3.63) is 65.4 Å². The number of hydrogen-bond acceptors (Lipinski definition) is 4. The van der Waals surface area contributed by atoms with Crippen LogP contribution in [0.3, 0.4) is 0 Å². The molecule has 8 heteroatoms. The summed E-state index contributed by atoms with van der Waals surface area (Å²) in [6.07, 6.45) is 3.50. The zero-order valence-electron chi connectivity index (χ0n) is 14.0. The molecule has 0 spiro atoms. The molecule has 26 heavy (non-hydrogen) atoms. The lowest BCUT2D eigenvalue weighted by molar-refractivity contribution is 0.221. The minimum atomic E-state index is 0.305. The molecule has 1 aromatic heterocycles. The van der Waals surface area contributed by atoms with Gasteiger partial charge in [0.25, 0.3) is 0 Å². The van der Waals surface area contributed by atoms with Crippen molar-refractivity contribution in [3.8, 4) is 11.5 Å². The molecule has 6 nitrogen and oxygen atoms in total. The van der Waals surface area contributed by atoms with Crippen LogP contribution in [0.4, 0.5) is 11.4 Å². The lowest BCUT2D eigenvalue weighted by Gasteiger charge is -2.10. The van der Waals surface area contributed by atoms with E-state index in [1.165, 1.54) is 0 Å². The fourth-order valence-corrected chi connectivity index (χ4v) is 2.66. The van der Waals surface area contributed by atoms with Crippen LogP contribution in [-0.2, 0) is 6.73 Å². The molecule has 1 heterocycles. The van der Waals surface area contributed by atoms with Gasteiger partial charge in [0, 0.05) is 16.2 Å². The predicted molar refractivity (Wildman–Crippen MR) is 110 cm³/mol. The van der Waals surface area contributed by atoms with E-state index in [1.807, 2.05) is 54.7 Å². The van der Waals surface area contributed by atoms with E-state index in [4.69, 9.17) is 21.7 Å². The Morgan fingerprint density at radius 3 is 2.65 bits per heavy atom. The second kappa shape index (κ2) is 8.68. The van der Waals surface area contributed by atoms with Crippen LogP contribution in [0.2, 0.25) is 0 Å². The molecule has 0 bridgehead atoms. The van der Waals surface area contributed by atoms with E-state index in [0.717, 1.165) is 27.3 Å². The number of benzene rings is 2. The van der Waals surface area contributed by atoms with Crippen LogP contribution in [0.1, 0.15) is 0 Å². The van der Waals surface area contributed by atoms with E-state index >= 15 is 0 Å². The third-order valence-electron chi connectivity index (χ3n) is 3.40. The number of nitrogens with zero attached hydrogens (tertiary/aromatic N) is 2. The Balaban J connectivity index is 1.52. The normalized spacial score (nSPS) is 10.2. The Bertz CT molecular complexity index is 883. The van der Waals surface area contributed by atoms with Crippen molar-refractivity contribution in [1.29, 1.82) is 0 Å². The van der Waals surface area contributed by atoms with Gasteiger partial charge in [0.15, 0.2) is 11.8 Å². The summed E-state index contributed by atoms with van der Waals surface area (Å²) >= 11 is 8.72. The second-order valence-corrected chi connectivity index (χ2v) is 6.63. The first-order valence-electron chi connectivity index (χ1n) is 7.75. The first-order chi connectivity index (χ1) is 12.6. The third kappa shape index (κ3) is 5.21. The van der Waals surface area contributed by atoms with Gasteiger partial charge in [0.1, 0.15) is 11.5 Å². The molecule has 2 N–H and O–H groups in total. The average molecular weight is 433 g/mol. The summed E-state index contributed by atoms with van der Waals surface area (Å²) < 4.78 is 13.6. The van der Waals surface area contributed by atoms with Gasteiger partial charge >= 0.3 is 0 Å². The number of halogens is 1. The van der Waals surface area contributed by atoms with Crippen molar-refractivity contribution in [1.82, 2.24) is 9.78 Å². The number of nitrogens with one attached hydrogen (secondary N) is 2. The molecular weight excluding hydrogens is 416 g/mol. The van der Waals surface area contributed by atoms with Crippen molar-refractivity contribution in [2.24, 2.45) is 0 Å². The summed E-state index contributed by atoms with van der Waals surface area (Å²) in [6.45, 7) is 0.305. The zero-order chi connectivity index (χ0) is 18.4. The molecule has 0 saturated heterocycles. The number of rotatable bonds is 6. The summed E-state index contributed by atoms with van der Waals surface area (Å²) in [4.78, 5) is 0. The van der Waals surface area contributed by atoms with Gasteiger partial charge in [0.05, 0.1) is 25.2 Å². The Labute approximate surface area is 165 Å². The quantitative estimate of drug-likeness (QED) is 0.559. The fraction of sp³-hybridized carbons (Fsp3) is 0.111. The van der Waals surface area contributed by atoms with Gasteiger partial charge in [-0.2, -0.15) is 5.10 Å². The van der Waals surface area contributed by atoms with Crippen molar-refractivity contribution in [3.63, 3.8) is 0 Å². The highest BCUT2D eigenvalue weighted by Gasteiger charge is 2.03. The summed E-state index contributed by atoms with van der Waals surface area (Å²) in [5.74, 6) is 1.53. The second-order valence-electron chi connectivity index (χ2n) is 5.31. The third-order valence-corrected chi connectivity index (χ3v) is 4.13. The number of thiocarbonyl (C=S) groups is 1. The fourth-order valence-electron chi connectivity index (χ4n) is 2.16. The van der Waals surface area contributed by atoms with Gasteiger partial charge in [-0.15, -0.1) is 0 Å². The van der Waals surface area contributed by atoms with Gasteiger partial charge in [-0.1, -0.05) is 22.0 Å². The molecular formula is C18H17BrN4O2S. The van der Waals surface area contributed by atoms with Crippen molar-refractivity contribution in [2.75, 3.05) is 17.7 Å². The van der Waals surface area contributed by atoms with Gasteiger partial charge in [-0.05, 0) is 48.6 Å². The number of ether oxygens (including phenoxy) is 2. The molecule has 2 aromatic carbocycles. The number of hydrogen-bond donors (Lipinski definition) is 2. The topological polar surface area (TPSA) is 60.3 Å². The summed E-state index contributed by atoms with van der Waals surface area (Å²) in [5.41, 5.74) is 1.61. The molecule has 134 valence electrons. The molecule has 0 atom stereocenters. The lowest BCUT2D eigenvalue weighted by atomic mass is 10.3. The van der Waals surface area contributed by atoms with Crippen molar-refractivity contribution < 1.29 is 9.47 Å². The van der Waals surface area contributed by atoms with Crippen LogP contribution < -0.4 is 20.1 Å². The number of aromatic nitrogens is 2. The molecule has 0 saturated carbocycles. The molecule has 0 aliphatic heterocycles. The van der Waals surface area contributed by atoms with Crippen molar-refractivity contribution >= 4 is 44.6 Å². The lowest BCUT2D eigenvalue weighted by Crippen LogP contribution is -2.18. The zero-order valence-corrected chi connectivity index (χ0v) is 16.4. The van der Waals surface area contributed by atoms with Gasteiger partial charge in [-0.3, -0.25) is 0 Å². The SMILES string of the molecule is COc1cccc(NC(=S)Nc2cnn(COc3ccc(Br)cc3)c2)c1. The minimum Gasteiger partial charge on any atom is -0.497 e. The highest BCUT2D eigenvalue weighted by atomic mass is 79.9. The van der Waals surface area contributed by atoms with Crippen LogP contribution in [0.5, 0.6) is 11.5 Å². The van der Waals surface area contributed by atoms with Gasteiger partial charge < -0.3 is 20.1 Å². The monoisotopic (exact) mass is 432 g/mol. The minimum absolute atomic E-state index is 0.305. The maximum Gasteiger partial charge on any atom is 0.180 e. The van der Waals surface area contributed by atoms with Crippen LogP contribution in [0, 0.1) is 0 Å². The first-order valence-corrected chi connectivity index (χ1v) is 8.95. The molecule has 0 aliphatic rings. The Hall–Kier alpha value is -2.58. The van der Waals surface area contributed by atoms with Crippen LogP contribution in [-0.4, -0.2) is 22.0 Å². The smallest absolute Gasteiger partial charge is 0.180 e. The highest BCUT2D eigenvalue weighted by Crippen LogP contribution is 2.18. The van der Waals surface area contributed by atoms with E-state index < -0.39 is 0 Å². The average Bonchev–Trinajstić information content (AvgIpc) is 3.08. The molecule has 0 aliphatic carbocycles. The molecule has 0 fully saturated rings. The van der Waals surface area contributed by atoms with E-state index in [9.17, 15) is 0 Å². The molecule has 0 amide bonds. The Kier molecular flexibility index (Phi) is 6.08. The number of methoxy groups -OCH3 is 1. The summed E-state index contributed by atoms with van der Waals surface area (Å²) in [6, 6.07) is 15.2. The first kappa shape index (κ1) is 18.2. The van der Waals surface area contributed by atoms with E-state index in [-0.39, 0.29) is 0 Å². The van der Waals surface area contributed by atoms with E-state index in [1.54, 1.807) is 18.0 Å². The van der Waals surface area contributed by atoms with Crippen LogP contribution in [0.25, 0.3) is 0 Å². The summed E-state index contributed by atoms with van der Waals surface area (Å²) in [5, 5.41) is 10.9. The summed E-state index contributed by atoms with van der Waals surface area (Å²) in [7, 11) is 1.63. The number of anilines is 2. The molecule has 3 aromatic rings. The standard InChI is InChI=1S/C18H17BrN4O2S/c1-24-17-4-2-3-14(9-17)21-18(26)22-15-10-20-23(11-15)12-25-16-7-5-13(19)6-8-16/h2-11H,12H2,1H3,(H2,21,22,26). The molecule has 0 radical (unpaired) electrons. The van der Waals surface area contributed by atoms with Crippen molar-refractivity contribution in [2.45, 2.75) is 6.73 Å². The predicted octanol–water partition coefficient (Wildman–Crippen LogP) is 4.50. The van der Waals surface area contributed by atoms with E-state index in [2.05, 4.69) is 31.7 Å². The Morgan fingerprint density at radius 1 is 1.12 bits per heavy atom. The molecule has 3 rings (SSSR count). The maximum atomic E-state index is 5.68. The van der Waals surface area contributed by atoms with Gasteiger partial charge in [-0.25, -0.2) is 4.68 Å². The van der Waals surface area contributed by atoms with Gasteiger partial charge in [0.2, 0.25) is 0 Å². The Morgan fingerprint density at radius 2 is 1.88 bits per heavy atom.